The van der Waals surface area contributed by atoms with E-state index in [4.69, 9.17) is 5.84 Å². The van der Waals surface area contributed by atoms with Gasteiger partial charge in [0.15, 0.2) is 0 Å². The minimum atomic E-state index is 0.0905. The number of likely N-dealkylation sites (N-methyl/N-ethyl adjacent to an activating group) is 1. The number of nitrogens with one attached hydrogen (secondary N) is 1. The molecule has 16 heavy (non-hydrogen) atoms. The Labute approximate surface area is 101 Å². The van der Waals surface area contributed by atoms with E-state index in [0.29, 0.717) is 6.04 Å². The van der Waals surface area contributed by atoms with Gasteiger partial charge in [0.1, 0.15) is 0 Å². The van der Waals surface area contributed by atoms with Gasteiger partial charge >= 0.3 is 0 Å². The van der Waals surface area contributed by atoms with E-state index in [1.54, 1.807) is 0 Å². The van der Waals surface area contributed by atoms with Crippen LogP contribution in [0.5, 0.6) is 0 Å². The van der Waals surface area contributed by atoms with Gasteiger partial charge in [-0.15, -0.1) is 6.58 Å². The lowest BCUT2D eigenvalue weighted by molar-refractivity contribution is 0.130. The third kappa shape index (κ3) is 5.10. The number of hydrazine groups is 1. The van der Waals surface area contributed by atoms with Crippen LogP contribution in [0.1, 0.15) is 46.0 Å². The molecule has 0 saturated heterocycles. The van der Waals surface area contributed by atoms with Gasteiger partial charge in [0, 0.05) is 11.6 Å². The van der Waals surface area contributed by atoms with Gasteiger partial charge in [-0.2, -0.15) is 0 Å². The van der Waals surface area contributed by atoms with Crippen molar-refractivity contribution in [1.29, 1.82) is 0 Å². The Bertz CT molecular complexity index is 188. The fourth-order valence-electron chi connectivity index (χ4n) is 1.77. The summed E-state index contributed by atoms with van der Waals surface area (Å²) in [5, 5.41) is 0. The van der Waals surface area contributed by atoms with Crippen LogP contribution in [0.3, 0.4) is 0 Å². The molecule has 0 aromatic rings. The summed E-state index contributed by atoms with van der Waals surface area (Å²) >= 11 is 0. The summed E-state index contributed by atoms with van der Waals surface area (Å²) in [7, 11) is 4.20. The molecule has 0 rings (SSSR count). The number of hydrogen-bond donors (Lipinski definition) is 2. The van der Waals surface area contributed by atoms with Crippen LogP contribution in [-0.2, 0) is 0 Å². The Kier molecular flexibility index (Phi) is 7.64. The highest BCUT2D eigenvalue weighted by Gasteiger charge is 2.30. The first kappa shape index (κ1) is 15.6. The predicted octanol–water partition coefficient (Wildman–Crippen LogP) is 2.29. The molecular formula is C13H29N3. The summed E-state index contributed by atoms with van der Waals surface area (Å²) in [5.41, 5.74) is 3.04. The molecule has 96 valence electrons. The molecule has 1 unspecified atom stereocenters. The summed E-state index contributed by atoms with van der Waals surface area (Å²) in [6.07, 6.45) is 7.95. The van der Waals surface area contributed by atoms with E-state index >= 15 is 0 Å². The molecule has 0 aromatic heterocycles. The minimum Gasteiger partial charge on any atom is -0.303 e. The molecule has 0 bridgehead atoms. The third-order valence-electron chi connectivity index (χ3n) is 3.61. The lowest BCUT2D eigenvalue weighted by Crippen LogP contribution is -2.57. The van der Waals surface area contributed by atoms with Crippen molar-refractivity contribution >= 4 is 0 Å². The summed E-state index contributed by atoms with van der Waals surface area (Å²) < 4.78 is 0. The van der Waals surface area contributed by atoms with Gasteiger partial charge in [-0.05, 0) is 47.2 Å². The number of hydrogen-bond acceptors (Lipinski definition) is 3. The number of unbranched alkanes of at least 4 members (excludes halogenated alkanes) is 3. The van der Waals surface area contributed by atoms with Crippen LogP contribution >= 0.6 is 0 Å². The second kappa shape index (κ2) is 7.82. The van der Waals surface area contributed by atoms with Crippen molar-refractivity contribution in [2.45, 2.75) is 57.5 Å². The van der Waals surface area contributed by atoms with E-state index in [-0.39, 0.29) is 5.54 Å². The Morgan fingerprint density at radius 2 is 1.94 bits per heavy atom. The molecule has 0 aliphatic heterocycles. The van der Waals surface area contributed by atoms with Gasteiger partial charge in [0.25, 0.3) is 0 Å². The molecule has 0 saturated carbocycles. The highest BCUT2D eigenvalue weighted by atomic mass is 15.3. The summed E-state index contributed by atoms with van der Waals surface area (Å²) in [6.45, 7) is 8.18. The first-order chi connectivity index (χ1) is 7.46. The fourth-order valence-corrected chi connectivity index (χ4v) is 1.77. The Morgan fingerprint density at radius 3 is 2.38 bits per heavy atom. The average molecular weight is 227 g/mol. The number of nitrogens with two attached hydrogens (primary N) is 1. The van der Waals surface area contributed by atoms with Gasteiger partial charge in [-0.3, -0.25) is 11.3 Å². The lowest BCUT2D eigenvalue weighted by Gasteiger charge is -2.40. The molecule has 3 N–H and O–H groups in total. The topological polar surface area (TPSA) is 41.3 Å². The largest absolute Gasteiger partial charge is 0.303 e. The zero-order valence-corrected chi connectivity index (χ0v) is 11.4. The van der Waals surface area contributed by atoms with Crippen LogP contribution in [0.15, 0.2) is 12.7 Å². The average Bonchev–Trinajstić information content (AvgIpc) is 2.22. The second-order valence-electron chi connectivity index (χ2n) is 5.19. The van der Waals surface area contributed by atoms with Crippen LogP contribution in [0.25, 0.3) is 0 Å². The smallest absolute Gasteiger partial charge is 0.0389 e. The second-order valence-corrected chi connectivity index (χ2v) is 5.19. The Morgan fingerprint density at radius 1 is 1.31 bits per heavy atom. The standard InChI is InChI=1S/C13H29N3/c1-6-7-8-9-10-11-12(15-14)13(2,3)16(4)5/h6,12,15H,1,7-11,14H2,2-5H3. The van der Waals surface area contributed by atoms with E-state index in [1.807, 2.05) is 6.08 Å². The minimum absolute atomic E-state index is 0.0905. The van der Waals surface area contributed by atoms with Gasteiger partial charge in [-0.1, -0.05) is 18.9 Å². The van der Waals surface area contributed by atoms with Gasteiger partial charge in [0.2, 0.25) is 0 Å². The summed E-state index contributed by atoms with van der Waals surface area (Å²) in [6, 6.07) is 0.339. The van der Waals surface area contributed by atoms with Gasteiger partial charge in [-0.25, -0.2) is 0 Å². The molecule has 0 spiro atoms. The molecule has 0 aliphatic carbocycles. The first-order valence-electron chi connectivity index (χ1n) is 6.21. The fraction of sp³-hybridized carbons (Fsp3) is 0.846. The Balaban J connectivity index is 3.96. The Hall–Kier alpha value is -0.380. The van der Waals surface area contributed by atoms with Crippen molar-refractivity contribution in [2.24, 2.45) is 5.84 Å². The van der Waals surface area contributed by atoms with Crippen LogP contribution in [0.4, 0.5) is 0 Å². The van der Waals surface area contributed by atoms with E-state index in [1.165, 1.54) is 19.3 Å². The van der Waals surface area contributed by atoms with Crippen LogP contribution in [-0.4, -0.2) is 30.6 Å². The third-order valence-corrected chi connectivity index (χ3v) is 3.61. The molecule has 0 radical (unpaired) electrons. The van der Waals surface area contributed by atoms with Crippen LogP contribution in [0.2, 0.25) is 0 Å². The molecule has 0 heterocycles. The highest BCUT2D eigenvalue weighted by molar-refractivity contribution is 4.89. The number of nitrogens with zero attached hydrogens (tertiary/aromatic N) is 1. The molecular weight excluding hydrogens is 198 g/mol. The quantitative estimate of drug-likeness (QED) is 0.275. The predicted molar refractivity (Wildman–Crippen MR) is 72.2 cm³/mol. The van der Waals surface area contributed by atoms with Crippen molar-refractivity contribution in [1.82, 2.24) is 10.3 Å². The lowest BCUT2D eigenvalue weighted by atomic mass is 9.89. The normalized spacial score (nSPS) is 14.1. The monoisotopic (exact) mass is 227 g/mol. The van der Waals surface area contributed by atoms with Crippen LogP contribution < -0.4 is 11.3 Å². The molecule has 3 heteroatoms. The van der Waals surface area contributed by atoms with Crippen molar-refractivity contribution in [3.05, 3.63) is 12.7 Å². The highest BCUT2D eigenvalue weighted by Crippen LogP contribution is 2.20. The molecule has 3 nitrogen and oxygen atoms in total. The SMILES string of the molecule is C=CCCCCCC(NN)C(C)(C)N(C)C. The van der Waals surface area contributed by atoms with E-state index < -0.39 is 0 Å². The van der Waals surface area contributed by atoms with E-state index in [0.717, 1.165) is 12.8 Å². The molecule has 0 amide bonds. The van der Waals surface area contributed by atoms with E-state index in [9.17, 15) is 0 Å². The van der Waals surface area contributed by atoms with Crippen LogP contribution in [0, 0.1) is 0 Å². The van der Waals surface area contributed by atoms with Crippen molar-refractivity contribution < 1.29 is 0 Å². The number of rotatable bonds is 9. The van der Waals surface area contributed by atoms with Gasteiger partial charge < -0.3 is 4.90 Å². The zero-order valence-electron chi connectivity index (χ0n) is 11.4. The molecule has 0 aliphatic rings. The maximum Gasteiger partial charge on any atom is 0.0389 e. The first-order valence-corrected chi connectivity index (χ1v) is 6.21. The maximum absolute atomic E-state index is 5.64. The van der Waals surface area contributed by atoms with Crippen molar-refractivity contribution in [3.8, 4) is 0 Å². The molecule has 0 aromatic carbocycles. The number of allylic oxidation sites excluding steroid dienone is 1. The molecule has 0 fully saturated rings. The van der Waals surface area contributed by atoms with E-state index in [2.05, 4.69) is 44.8 Å². The van der Waals surface area contributed by atoms with Gasteiger partial charge in [0.05, 0.1) is 0 Å². The zero-order chi connectivity index (χ0) is 12.6. The van der Waals surface area contributed by atoms with Crippen molar-refractivity contribution in [2.75, 3.05) is 14.1 Å². The summed E-state index contributed by atoms with van der Waals surface area (Å²) in [4.78, 5) is 2.22. The maximum atomic E-state index is 5.64. The molecule has 1 atom stereocenters. The summed E-state index contributed by atoms with van der Waals surface area (Å²) in [5.74, 6) is 5.64. The van der Waals surface area contributed by atoms with Crippen molar-refractivity contribution in [3.63, 3.8) is 0 Å².